The number of anilines is 1. The Morgan fingerprint density at radius 3 is 2.72 bits per heavy atom. The van der Waals surface area contributed by atoms with Gasteiger partial charge in [0.25, 0.3) is 0 Å². The summed E-state index contributed by atoms with van der Waals surface area (Å²) in [4.78, 5) is 16.5. The molecule has 2 heterocycles. The number of carbonyl (C=O) groups excluding carboxylic acids is 1. The second-order valence-electron chi connectivity index (χ2n) is 4.11. The van der Waals surface area contributed by atoms with Crippen LogP contribution in [0, 0.1) is 5.92 Å². The zero-order valence-electron chi connectivity index (χ0n) is 9.25. The van der Waals surface area contributed by atoms with Crippen LogP contribution in [0.25, 0.3) is 0 Å². The molecule has 0 bridgehead atoms. The van der Waals surface area contributed by atoms with Crippen molar-refractivity contribution in [2.75, 3.05) is 16.8 Å². The Morgan fingerprint density at radius 1 is 1.44 bits per heavy atom. The number of pyridine rings is 1. The monoisotopic (exact) mass is 322 g/mol. The molecule has 1 aliphatic heterocycles. The summed E-state index contributed by atoms with van der Waals surface area (Å²) in [5.41, 5.74) is -0.977. The van der Waals surface area contributed by atoms with E-state index in [0.717, 1.165) is 6.07 Å². The van der Waals surface area contributed by atoms with Gasteiger partial charge in [-0.2, -0.15) is 13.2 Å². The van der Waals surface area contributed by atoms with E-state index in [2.05, 4.69) is 20.9 Å². The molecule has 1 unspecified atom stereocenters. The first-order valence-electron chi connectivity index (χ1n) is 5.32. The number of hydrogen-bond donors (Lipinski definition) is 0. The predicted molar refractivity (Wildman–Crippen MR) is 63.5 cm³/mol. The molecule has 1 aromatic rings. The molecule has 98 valence electrons. The second kappa shape index (κ2) is 4.87. The van der Waals surface area contributed by atoms with Gasteiger partial charge in [-0.05, 0) is 18.1 Å². The van der Waals surface area contributed by atoms with Crippen LogP contribution in [0.2, 0.25) is 0 Å². The zero-order valence-corrected chi connectivity index (χ0v) is 10.8. The number of halogens is 4. The van der Waals surface area contributed by atoms with Crippen LogP contribution in [-0.2, 0) is 11.0 Å². The topological polar surface area (TPSA) is 33.2 Å². The molecule has 1 atom stereocenters. The van der Waals surface area contributed by atoms with Crippen LogP contribution < -0.4 is 4.90 Å². The van der Waals surface area contributed by atoms with Crippen molar-refractivity contribution in [3.63, 3.8) is 0 Å². The normalized spacial score (nSPS) is 20.6. The van der Waals surface area contributed by atoms with Crippen LogP contribution >= 0.6 is 15.9 Å². The minimum Gasteiger partial charge on any atom is -0.296 e. The summed E-state index contributed by atoms with van der Waals surface area (Å²) in [7, 11) is 0. The highest BCUT2D eigenvalue weighted by Gasteiger charge is 2.35. The van der Waals surface area contributed by atoms with Gasteiger partial charge < -0.3 is 0 Å². The van der Waals surface area contributed by atoms with Crippen LogP contribution in [0.4, 0.5) is 19.0 Å². The molecule has 0 spiro atoms. The third kappa shape index (κ3) is 2.66. The number of amides is 1. The minimum absolute atomic E-state index is 0.0678. The van der Waals surface area contributed by atoms with Crippen molar-refractivity contribution in [3.8, 4) is 0 Å². The molecule has 0 saturated carbocycles. The van der Waals surface area contributed by atoms with Crippen molar-refractivity contribution in [2.45, 2.75) is 12.6 Å². The Bertz CT molecular complexity index is 464. The number of alkyl halides is 4. The standard InChI is InChI=1S/C11H10BrF3N2O/c12-5-7-4-10(18)17(6-7)9-3-1-2-8(16-9)11(13,14)15/h1-3,7H,4-6H2. The lowest BCUT2D eigenvalue weighted by Crippen LogP contribution is -2.26. The van der Waals surface area contributed by atoms with Crippen LogP contribution in [0.15, 0.2) is 18.2 Å². The van der Waals surface area contributed by atoms with Gasteiger partial charge >= 0.3 is 6.18 Å². The fourth-order valence-electron chi connectivity index (χ4n) is 1.84. The van der Waals surface area contributed by atoms with Gasteiger partial charge in [0, 0.05) is 18.3 Å². The summed E-state index contributed by atoms with van der Waals surface area (Å²) in [5, 5.41) is 0.647. The maximum atomic E-state index is 12.5. The van der Waals surface area contributed by atoms with Crippen molar-refractivity contribution < 1.29 is 18.0 Å². The van der Waals surface area contributed by atoms with E-state index < -0.39 is 11.9 Å². The van der Waals surface area contributed by atoms with E-state index in [1.165, 1.54) is 17.0 Å². The molecule has 1 saturated heterocycles. The Hall–Kier alpha value is -1.11. The first kappa shape index (κ1) is 13.3. The van der Waals surface area contributed by atoms with E-state index in [4.69, 9.17) is 0 Å². The van der Waals surface area contributed by atoms with E-state index in [0.29, 0.717) is 18.3 Å². The lowest BCUT2D eigenvalue weighted by molar-refractivity contribution is -0.141. The lowest BCUT2D eigenvalue weighted by atomic mass is 10.2. The molecule has 1 aromatic heterocycles. The van der Waals surface area contributed by atoms with Gasteiger partial charge in [-0.25, -0.2) is 4.98 Å². The van der Waals surface area contributed by atoms with Gasteiger partial charge in [0.05, 0.1) is 0 Å². The number of carbonyl (C=O) groups is 1. The van der Waals surface area contributed by atoms with Crippen molar-refractivity contribution in [2.24, 2.45) is 5.92 Å². The molecule has 7 heteroatoms. The Labute approximate surface area is 110 Å². The molecule has 2 rings (SSSR count). The van der Waals surface area contributed by atoms with E-state index in [1.54, 1.807) is 0 Å². The SMILES string of the molecule is O=C1CC(CBr)CN1c1cccc(C(F)(F)F)n1. The van der Waals surface area contributed by atoms with Crippen molar-refractivity contribution in [1.82, 2.24) is 4.98 Å². The van der Waals surface area contributed by atoms with Crippen molar-refractivity contribution >= 4 is 27.7 Å². The van der Waals surface area contributed by atoms with Crippen molar-refractivity contribution in [3.05, 3.63) is 23.9 Å². The van der Waals surface area contributed by atoms with Crippen LogP contribution in [0.1, 0.15) is 12.1 Å². The summed E-state index contributed by atoms with van der Waals surface area (Å²) in [5.74, 6) is -0.00149. The first-order chi connectivity index (χ1) is 8.41. The minimum atomic E-state index is -4.49. The third-order valence-electron chi connectivity index (χ3n) is 2.72. The number of rotatable bonds is 2. The fraction of sp³-hybridized carbons (Fsp3) is 0.455. The highest BCUT2D eigenvalue weighted by atomic mass is 79.9. The van der Waals surface area contributed by atoms with E-state index in [-0.39, 0.29) is 17.6 Å². The average molecular weight is 323 g/mol. The summed E-state index contributed by atoms with van der Waals surface area (Å²) >= 11 is 3.27. The summed E-state index contributed by atoms with van der Waals surface area (Å²) < 4.78 is 37.6. The maximum Gasteiger partial charge on any atom is 0.433 e. The summed E-state index contributed by atoms with van der Waals surface area (Å²) in [6.07, 6.45) is -4.16. The quantitative estimate of drug-likeness (QED) is 0.784. The molecule has 3 nitrogen and oxygen atoms in total. The number of aromatic nitrogens is 1. The third-order valence-corrected chi connectivity index (χ3v) is 3.64. The maximum absolute atomic E-state index is 12.5. The molecule has 1 aliphatic rings. The van der Waals surface area contributed by atoms with Gasteiger partial charge in [0.1, 0.15) is 11.5 Å². The summed E-state index contributed by atoms with van der Waals surface area (Å²) in [6, 6.07) is 3.58. The second-order valence-corrected chi connectivity index (χ2v) is 4.76. The number of nitrogens with zero attached hydrogens (tertiary/aromatic N) is 2. The molecule has 0 aliphatic carbocycles. The van der Waals surface area contributed by atoms with Gasteiger partial charge in [0.2, 0.25) is 5.91 Å². The van der Waals surface area contributed by atoms with Gasteiger partial charge in [-0.1, -0.05) is 22.0 Å². The van der Waals surface area contributed by atoms with E-state index >= 15 is 0 Å². The van der Waals surface area contributed by atoms with Gasteiger partial charge in [-0.3, -0.25) is 9.69 Å². The largest absolute Gasteiger partial charge is 0.433 e. The van der Waals surface area contributed by atoms with Crippen LogP contribution in [-0.4, -0.2) is 22.8 Å². The first-order valence-corrected chi connectivity index (χ1v) is 6.44. The highest BCUT2D eigenvalue weighted by molar-refractivity contribution is 9.09. The van der Waals surface area contributed by atoms with Gasteiger partial charge in [0.15, 0.2) is 0 Å². The zero-order chi connectivity index (χ0) is 13.3. The number of hydrogen-bond acceptors (Lipinski definition) is 2. The van der Waals surface area contributed by atoms with Crippen LogP contribution in [0.3, 0.4) is 0 Å². The molecule has 1 amide bonds. The molecule has 1 fully saturated rings. The smallest absolute Gasteiger partial charge is 0.296 e. The average Bonchev–Trinajstić information content (AvgIpc) is 2.70. The molecule has 18 heavy (non-hydrogen) atoms. The van der Waals surface area contributed by atoms with E-state index in [9.17, 15) is 18.0 Å². The predicted octanol–water partition coefficient (Wildman–Crippen LogP) is 2.85. The Kier molecular flexibility index (Phi) is 3.61. The van der Waals surface area contributed by atoms with Crippen LogP contribution in [0.5, 0.6) is 0 Å². The molecule has 0 N–H and O–H groups in total. The highest BCUT2D eigenvalue weighted by Crippen LogP contribution is 2.30. The molecule has 0 aromatic carbocycles. The molecular formula is C11H10BrF3N2O. The van der Waals surface area contributed by atoms with Gasteiger partial charge in [-0.15, -0.1) is 0 Å². The Morgan fingerprint density at radius 2 is 2.17 bits per heavy atom. The fourth-order valence-corrected chi connectivity index (χ4v) is 2.27. The Balaban J connectivity index is 2.27. The molecular weight excluding hydrogens is 313 g/mol. The molecule has 0 radical (unpaired) electrons. The lowest BCUT2D eigenvalue weighted by Gasteiger charge is -2.16. The summed E-state index contributed by atoms with van der Waals surface area (Å²) in [6.45, 7) is 0.401. The van der Waals surface area contributed by atoms with E-state index in [1.807, 2.05) is 0 Å². The van der Waals surface area contributed by atoms with Crippen molar-refractivity contribution in [1.29, 1.82) is 0 Å².